The van der Waals surface area contributed by atoms with Gasteiger partial charge in [-0.15, -0.1) is 23.1 Å². The number of benzene rings is 1. The molecule has 0 aliphatic carbocycles. The lowest BCUT2D eigenvalue weighted by molar-refractivity contribution is 0.218. The van der Waals surface area contributed by atoms with Crippen LogP contribution in [-0.4, -0.2) is 41.5 Å². The number of ether oxygens (including phenoxy) is 1. The van der Waals surface area contributed by atoms with Gasteiger partial charge in [-0.05, 0) is 12.1 Å². The van der Waals surface area contributed by atoms with Gasteiger partial charge in [0.1, 0.15) is 4.83 Å². The second kappa shape index (κ2) is 8.68. The first-order valence-electron chi connectivity index (χ1n) is 8.91. The molecule has 4 rings (SSSR count). The van der Waals surface area contributed by atoms with Gasteiger partial charge < -0.3 is 10.1 Å². The molecule has 0 amide bonds. The van der Waals surface area contributed by atoms with Crippen molar-refractivity contribution in [3.05, 3.63) is 54.9 Å². The number of anilines is 1. The van der Waals surface area contributed by atoms with Gasteiger partial charge in [0.2, 0.25) is 0 Å². The summed E-state index contributed by atoms with van der Waals surface area (Å²) in [4.78, 5) is 15.0. The Morgan fingerprint density at radius 1 is 1.07 bits per heavy atom. The van der Waals surface area contributed by atoms with E-state index in [9.17, 15) is 0 Å². The zero-order chi connectivity index (χ0) is 19.3. The predicted molar refractivity (Wildman–Crippen MR) is 118 cm³/mol. The summed E-state index contributed by atoms with van der Waals surface area (Å²) >= 11 is 3.47. The van der Waals surface area contributed by atoms with E-state index in [-0.39, 0.29) is 0 Å². The Hall–Kier alpha value is -2.48. The molecule has 0 aliphatic rings. The van der Waals surface area contributed by atoms with Gasteiger partial charge in [-0.2, -0.15) is 0 Å². The maximum absolute atomic E-state index is 5.21. The fourth-order valence-corrected chi connectivity index (χ4v) is 5.38. The van der Waals surface area contributed by atoms with Gasteiger partial charge in [-0.1, -0.05) is 30.3 Å². The maximum atomic E-state index is 5.21. The van der Waals surface area contributed by atoms with Crippen LogP contribution in [0.1, 0.15) is 0 Å². The lowest BCUT2D eigenvalue weighted by atomic mass is 10.1. The van der Waals surface area contributed by atoms with Gasteiger partial charge in [-0.25, -0.2) is 9.97 Å². The standard InChI is InChI=1S/C21H20N4OS2/c1-22-18-16-17(14-7-4-3-5-8-14)24-19(15-9-6-10-23-13-15)25-20(16)28-21(18)27-12-11-26-2/h3-10,13,22H,11-12H2,1-2H3. The molecule has 3 aromatic heterocycles. The molecule has 0 atom stereocenters. The highest BCUT2D eigenvalue weighted by Crippen LogP contribution is 2.45. The Labute approximate surface area is 172 Å². The average Bonchev–Trinajstić information content (AvgIpc) is 3.12. The number of nitrogens with one attached hydrogen (secondary N) is 1. The number of pyridine rings is 1. The van der Waals surface area contributed by atoms with Crippen LogP contribution in [0.25, 0.3) is 32.9 Å². The molecular weight excluding hydrogens is 388 g/mol. The third-order valence-electron chi connectivity index (χ3n) is 4.26. The van der Waals surface area contributed by atoms with E-state index in [0.29, 0.717) is 12.4 Å². The van der Waals surface area contributed by atoms with E-state index in [2.05, 4.69) is 22.4 Å². The molecule has 7 heteroatoms. The van der Waals surface area contributed by atoms with E-state index in [1.165, 1.54) is 4.21 Å². The quantitative estimate of drug-likeness (QED) is 0.335. The van der Waals surface area contributed by atoms with Crippen LogP contribution in [0.3, 0.4) is 0 Å². The Kier molecular flexibility index (Phi) is 5.85. The summed E-state index contributed by atoms with van der Waals surface area (Å²) in [5, 5.41) is 4.43. The van der Waals surface area contributed by atoms with Gasteiger partial charge in [-0.3, -0.25) is 4.98 Å². The minimum atomic E-state index is 0.691. The minimum Gasteiger partial charge on any atom is -0.386 e. The monoisotopic (exact) mass is 408 g/mol. The summed E-state index contributed by atoms with van der Waals surface area (Å²) in [5.41, 5.74) is 4.00. The van der Waals surface area contributed by atoms with Crippen LogP contribution >= 0.6 is 23.1 Å². The van der Waals surface area contributed by atoms with Crippen molar-refractivity contribution < 1.29 is 4.74 Å². The second-order valence-corrected chi connectivity index (χ2v) is 8.40. The molecule has 1 aromatic carbocycles. The molecule has 5 nitrogen and oxygen atoms in total. The van der Waals surface area contributed by atoms with Crippen LogP contribution in [0.15, 0.2) is 59.1 Å². The highest BCUT2D eigenvalue weighted by atomic mass is 32.2. The van der Waals surface area contributed by atoms with Crippen molar-refractivity contribution in [2.75, 3.05) is 31.8 Å². The lowest BCUT2D eigenvalue weighted by Crippen LogP contribution is -1.96. The first-order valence-corrected chi connectivity index (χ1v) is 10.7. The van der Waals surface area contributed by atoms with Crippen LogP contribution in [0.5, 0.6) is 0 Å². The molecular formula is C21H20N4OS2. The number of thioether (sulfide) groups is 1. The van der Waals surface area contributed by atoms with Crippen molar-refractivity contribution in [3.8, 4) is 22.6 Å². The fourth-order valence-electron chi connectivity index (χ4n) is 2.96. The number of hydrogen-bond donors (Lipinski definition) is 1. The van der Waals surface area contributed by atoms with Crippen molar-refractivity contribution in [1.29, 1.82) is 0 Å². The van der Waals surface area contributed by atoms with Crippen LogP contribution in [0, 0.1) is 0 Å². The topological polar surface area (TPSA) is 59.9 Å². The number of methoxy groups -OCH3 is 1. The molecule has 0 unspecified atom stereocenters. The van der Waals surface area contributed by atoms with Gasteiger partial charge in [0.15, 0.2) is 5.82 Å². The largest absolute Gasteiger partial charge is 0.386 e. The smallest absolute Gasteiger partial charge is 0.162 e. The van der Waals surface area contributed by atoms with E-state index in [1.54, 1.807) is 42.6 Å². The normalized spacial score (nSPS) is 11.1. The summed E-state index contributed by atoms with van der Waals surface area (Å²) in [6, 6.07) is 14.2. The molecule has 0 radical (unpaired) electrons. The molecule has 0 saturated carbocycles. The Bertz CT molecular complexity index is 1070. The molecule has 142 valence electrons. The molecule has 28 heavy (non-hydrogen) atoms. The number of aromatic nitrogens is 3. The van der Waals surface area contributed by atoms with Crippen molar-refractivity contribution in [1.82, 2.24) is 15.0 Å². The third-order valence-corrected chi connectivity index (χ3v) is 6.58. The average molecular weight is 409 g/mol. The van der Waals surface area contributed by atoms with Crippen molar-refractivity contribution in [2.24, 2.45) is 0 Å². The van der Waals surface area contributed by atoms with Crippen molar-refractivity contribution in [2.45, 2.75) is 4.21 Å². The lowest BCUT2D eigenvalue weighted by Gasteiger charge is -2.09. The van der Waals surface area contributed by atoms with E-state index in [0.717, 1.165) is 38.5 Å². The Balaban J connectivity index is 1.94. The van der Waals surface area contributed by atoms with Gasteiger partial charge >= 0.3 is 0 Å². The van der Waals surface area contributed by atoms with Crippen LogP contribution in [0.4, 0.5) is 5.69 Å². The summed E-state index contributed by atoms with van der Waals surface area (Å²) < 4.78 is 6.41. The molecule has 0 bridgehead atoms. The number of nitrogens with zero attached hydrogens (tertiary/aromatic N) is 3. The summed E-state index contributed by atoms with van der Waals surface area (Å²) in [6.45, 7) is 0.709. The minimum absolute atomic E-state index is 0.691. The van der Waals surface area contributed by atoms with Gasteiger partial charge in [0.25, 0.3) is 0 Å². The van der Waals surface area contributed by atoms with Gasteiger partial charge in [0.05, 0.1) is 27.6 Å². The second-order valence-electron chi connectivity index (χ2n) is 6.04. The van der Waals surface area contributed by atoms with E-state index < -0.39 is 0 Å². The van der Waals surface area contributed by atoms with Gasteiger partial charge in [0, 0.05) is 43.4 Å². The predicted octanol–water partition coefficient (Wildman–Crippen LogP) is 5.20. The molecule has 4 aromatic rings. The number of hydrogen-bond acceptors (Lipinski definition) is 7. The SMILES string of the molecule is CNc1c(SCCOC)sc2nc(-c3cccnc3)nc(-c3ccccc3)c12. The molecule has 0 spiro atoms. The number of thiophene rings is 1. The van der Waals surface area contributed by atoms with E-state index in [1.807, 2.05) is 37.4 Å². The van der Waals surface area contributed by atoms with Crippen molar-refractivity contribution in [3.63, 3.8) is 0 Å². The fraction of sp³-hybridized carbons (Fsp3) is 0.190. The van der Waals surface area contributed by atoms with Crippen LogP contribution in [-0.2, 0) is 4.74 Å². The zero-order valence-electron chi connectivity index (χ0n) is 15.7. The summed E-state index contributed by atoms with van der Waals surface area (Å²) in [7, 11) is 3.68. The first-order chi connectivity index (χ1) is 13.8. The Morgan fingerprint density at radius 3 is 2.61 bits per heavy atom. The maximum Gasteiger partial charge on any atom is 0.162 e. The highest BCUT2D eigenvalue weighted by Gasteiger charge is 2.20. The first kappa shape index (κ1) is 18.9. The van der Waals surface area contributed by atoms with Crippen LogP contribution < -0.4 is 5.32 Å². The molecule has 0 fully saturated rings. The van der Waals surface area contributed by atoms with Crippen molar-refractivity contribution >= 4 is 39.0 Å². The van der Waals surface area contributed by atoms with E-state index in [4.69, 9.17) is 14.7 Å². The zero-order valence-corrected chi connectivity index (χ0v) is 17.3. The Morgan fingerprint density at radius 2 is 1.89 bits per heavy atom. The molecule has 3 heterocycles. The molecule has 1 N–H and O–H groups in total. The third kappa shape index (κ3) is 3.73. The van der Waals surface area contributed by atoms with Crippen LogP contribution in [0.2, 0.25) is 0 Å². The summed E-state index contributed by atoms with van der Waals surface area (Å²) in [5.74, 6) is 1.58. The molecule has 0 aliphatic heterocycles. The number of rotatable bonds is 7. The number of fused-ring (bicyclic) bond motifs is 1. The highest BCUT2D eigenvalue weighted by molar-refractivity contribution is 8.01. The molecule has 0 saturated heterocycles. The summed E-state index contributed by atoms with van der Waals surface area (Å²) in [6.07, 6.45) is 3.56. The van der Waals surface area contributed by atoms with E-state index >= 15 is 0 Å².